The van der Waals surface area contributed by atoms with E-state index in [0.29, 0.717) is 5.57 Å². The molecule has 0 spiro atoms. The van der Waals surface area contributed by atoms with Gasteiger partial charge in [-0.25, -0.2) is 0 Å². The van der Waals surface area contributed by atoms with Crippen molar-refractivity contribution in [2.75, 3.05) is 10.6 Å². The summed E-state index contributed by atoms with van der Waals surface area (Å²) in [6.45, 7) is 15.9. The number of anilines is 2. The van der Waals surface area contributed by atoms with E-state index in [1.54, 1.807) is 0 Å². The molecule has 2 aromatic carbocycles. The van der Waals surface area contributed by atoms with E-state index in [1.165, 1.54) is 0 Å². The van der Waals surface area contributed by atoms with Crippen LogP contribution in [-0.4, -0.2) is 11.8 Å². The Labute approximate surface area is 167 Å². The summed E-state index contributed by atoms with van der Waals surface area (Å²) >= 11 is 0. The highest BCUT2D eigenvalue weighted by Gasteiger charge is 2.52. The second kappa shape index (κ2) is 7.27. The summed E-state index contributed by atoms with van der Waals surface area (Å²) in [5.74, 6) is -1.30. The van der Waals surface area contributed by atoms with E-state index in [4.69, 9.17) is 0 Å². The molecule has 1 aliphatic rings. The van der Waals surface area contributed by atoms with Gasteiger partial charge in [0.05, 0.1) is 11.8 Å². The Morgan fingerprint density at radius 2 is 0.964 bits per heavy atom. The van der Waals surface area contributed by atoms with E-state index in [1.807, 2.05) is 65.8 Å². The molecule has 146 valence electrons. The lowest BCUT2D eigenvalue weighted by atomic mass is 10.0. The number of benzene rings is 2. The van der Waals surface area contributed by atoms with Crippen LogP contribution in [0.1, 0.15) is 33.4 Å². The number of carbonyl (C=O) groups excluding carboxylic acids is 2. The predicted molar refractivity (Wildman–Crippen MR) is 115 cm³/mol. The first-order chi connectivity index (χ1) is 13.1. The molecule has 4 nitrogen and oxygen atoms in total. The Morgan fingerprint density at radius 3 is 1.25 bits per heavy atom. The van der Waals surface area contributed by atoms with Gasteiger partial charge in [0.1, 0.15) is 0 Å². The molecule has 4 heteroatoms. The Morgan fingerprint density at radius 1 is 0.679 bits per heavy atom. The van der Waals surface area contributed by atoms with Crippen molar-refractivity contribution in [2.45, 2.75) is 41.5 Å². The molecule has 0 aliphatic heterocycles. The molecule has 2 N–H and O–H groups in total. The lowest BCUT2D eigenvalue weighted by molar-refractivity contribution is -0.122. The third-order valence-corrected chi connectivity index (χ3v) is 5.44. The van der Waals surface area contributed by atoms with Gasteiger partial charge in [-0.15, -0.1) is 0 Å². The molecule has 0 radical (unpaired) electrons. The Kier molecular flexibility index (Phi) is 5.16. The molecular formula is C24H28N2O2. The SMILES string of the molecule is C=C1C(C(=O)Nc2c(C)cc(C)cc2C)C1C(=O)Nc1c(C)cc(C)cc1C. The number of amides is 2. The fraction of sp³-hybridized carbons (Fsp3) is 0.333. The second-order valence-corrected chi connectivity index (χ2v) is 8.06. The average molecular weight is 377 g/mol. The lowest BCUT2D eigenvalue weighted by Crippen LogP contribution is -2.22. The molecule has 0 bridgehead atoms. The highest BCUT2D eigenvalue weighted by atomic mass is 16.2. The predicted octanol–water partition coefficient (Wildman–Crippen LogP) is 4.92. The van der Waals surface area contributed by atoms with Crippen LogP contribution in [0.15, 0.2) is 36.4 Å². The van der Waals surface area contributed by atoms with Crippen molar-refractivity contribution in [3.05, 3.63) is 69.8 Å². The van der Waals surface area contributed by atoms with Crippen molar-refractivity contribution < 1.29 is 9.59 Å². The first kappa shape index (κ1) is 19.9. The maximum atomic E-state index is 12.8. The fourth-order valence-corrected chi connectivity index (χ4v) is 4.11. The van der Waals surface area contributed by atoms with Crippen LogP contribution in [0.3, 0.4) is 0 Å². The zero-order chi connectivity index (χ0) is 20.7. The molecule has 1 saturated carbocycles. The molecule has 1 aliphatic carbocycles. The number of carbonyl (C=O) groups is 2. The molecule has 2 aromatic rings. The lowest BCUT2D eigenvalue weighted by Gasteiger charge is -2.14. The molecule has 0 heterocycles. The number of aryl methyl sites for hydroxylation is 6. The molecule has 0 saturated heterocycles. The number of hydrogen-bond acceptors (Lipinski definition) is 2. The monoisotopic (exact) mass is 376 g/mol. The summed E-state index contributed by atoms with van der Waals surface area (Å²) in [5.41, 5.74) is 8.69. The molecule has 1 fully saturated rings. The van der Waals surface area contributed by atoms with Crippen molar-refractivity contribution in [1.29, 1.82) is 0 Å². The third-order valence-electron chi connectivity index (χ3n) is 5.44. The van der Waals surface area contributed by atoms with Gasteiger partial charge in [0.15, 0.2) is 0 Å². The Hall–Kier alpha value is -2.88. The minimum Gasteiger partial charge on any atom is -0.325 e. The molecule has 28 heavy (non-hydrogen) atoms. The minimum atomic E-state index is -0.480. The van der Waals surface area contributed by atoms with E-state index in [0.717, 1.165) is 44.8 Å². The summed E-state index contributed by atoms with van der Waals surface area (Å²) in [7, 11) is 0. The zero-order valence-electron chi connectivity index (χ0n) is 17.5. The van der Waals surface area contributed by atoms with Crippen LogP contribution < -0.4 is 10.6 Å². The highest BCUT2D eigenvalue weighted by Crippen LogP contribution is 2.46. The molecule has 3 rings (SSSR count). The standard InChI is InChI=1S/C24H28N2O2/c1-12-8-14(3)21(15(4)9-12)25-23(27)19-18(7)20(19)24(28)26-22-16(5)10-13(2)11-17(22)6/h8-11,19-20H,7H2,1-6H3,(H,25,27)(H,26,28). The first-order valence-electron chi connectivity index (χ1n) is 9.56. The van der Waals surface area contributed by atoms with Gasteiger partial charge in [-0.1, -0.05) is 47.5 Å². The smallest absolute Gasteiger partial charge is 0.232 e. The van der Waals surface area contributed by atoms with Gasteiger partial charge in [-0.3, -0.25) is 9.59 Å². The molecule has 2 unspecified atom stereocenters. The second-order valence-electron chi connectivity index (χ2n) is 8.06. The fourth-order valence-electron chi connectivity index (χ4n) is 4.11. The Balaban J connectivity index is 1.72. The molecule has 0 aromatic heterocycles. The van der Waals surface area contributed by atoms with Crippen molar-refractivity contribution >= 4 is 23.2 Å². The number of hydrogen-bond donors (Lipinski definition) is 2. The normalized spacial score (nSPS) is 18.0. The van der Waals surface area contributed by atoms with Gasteiger partial charge in [0.2, 0.25) is 11.8 Å². The van der Waals surface area contributed by atoms with Gasteiger partial charge in [0, 0.05) is 11.4 Å². The van der Waals surface area contributed by atoms with Gasteiger partial charge >= 0.3 is 0 Å². The van der Waals surface area contributed by atoms with E-state index >= 15 is 0 Å². The van der Waals surface area contributed by atoms with Crippen LogP contribution in [0, 0.1) is 53.4 Å². The van der Waals surface area contributed by atoms with Gasteiger partial charge in [-0.2, -0.15) is 0 Å². The van der Waals surface area contributed by atoms with Crippen LogP contribution in [0.4, 0.5) is 11.4 Å². The molecule has 2 atom stereocenters. The van der Waals surface area contributed by atoms with E-state index in [2.05, 4.69) is 17.2 Å². The van der Waals surface area contributed by atoms with Gasteiger partial charge in [0.25, 0.3) is 0 Å². The summed E-state index contributed by atoms with van der Waals surface area (Å²) in [5, 5.41) is 5.99. The van der Waals surface area contributed by atoms with Crippen molar-refractivity contribution in [1.82, 2.24) is 0 Å². The third kappa shape index (κ3) is 3.72. The van der Waals surface area contributed by atoms with Crippen molar-refractivity contribution in [2.24, 2.45) is 11.8 Å². The van der Waals surface area contributed by atoms with Crippen molar-refractivity contribution in [3.63, 3.8) is 0 Å². The van der Waals surface area contributed by atoms with Gasteiger partial charge in [-0.05, 0) is 63.8 Å². The maximum absolute atomic E-state index is 12.8. The largest absolute Gasteiger partial charge is 0.325 e. The minimum absolute atomic E-state index is 0.169. The van der Waals surface area contributed by atoms with E-state index in [9.17, 15) is 9.59 Å². The van der Waals surface area contributed by atoms with Crippen LogP contribution in [0.25, 0.3) is 0 Å². The van der Waals surface area contributed by atoms with E-state index in [-0.39, 0.29) is 11.8 Å². The average Bonchev–Trinajstić information content (AvgIpc) is 3.25. The molecular weight excluding hydrogens is 348 g/mol. The Bertz CT molecular complexity index is 878. The topological polar surface area (TPSA) is 58.2 Å². The van der Waals surface area contributed by atoms with Crippen LogP contribution in [0.2, 0.25) is 0 Å². The number of rotatable bonds is 4. The van der Waals surface area contributed by atoms with Gasteiger partial charge < -0.3 is 10.6 Å². The summed E-state index contributed by atoms with van der Waals surface area (Å²) < 4.78 is 0. The van der Waals surface area contributed by atoms with Crippen LogP contribution >= 0.6 is 0 Å². The van der Waals surface area contributed by atoms with E-state index < -0.39 is 11.8 Å². The summed E-state index contributed by atoms with van der Waals surface area (Å²) in [6.07, 6.45) is 0. The molecule has 2 amide bonds. The summed E-state index contributed by atoms with van der Waals surface area (Å²) in [6, 6.07) is 8.16. The number of nitrogens with one attached hydrogen (secondary N) is 2. The zero-order valence-corrected chi connectivity index (χ0v) is 17.5. The first-order valence-corrected chi connectivity index (χ1v) is 9.56. The highest BCUT2D eigenvalue weighted by molar-refractivity contribution is 6.08. The van der Waals surface area contributed by atoms with Crippen LogP contribution in [0.5, 0.6) is 0 Å². The van der Waals surface area contributed by atoms with Crippen molar-refractivity contribution in [3.8, 4) is 0 Å². The van der Waals surface area contributed by atoms with Crippen LogP contribution in [-0.2, 0) is 9.59 Å². The summed E-state index contributed by atoms with van der Waals surface area (Å²) in [4.78, 5) is 25.5. The quantitative estimate of drug-likeness (QED) is 0.745. The maximum Gasteiger partial charge on any atom is 0.232 e.